The summed E-state index contributed by atoms with van der Waals surface area (Å²) < 4.78 is 0. The minimum Gasteiger partial charge on any atom is -0.507 e. The number of nitrogens with zero attached hydrogens (tertiary/aromatic N) is 1. The van der Waals surface area contributed by atoms with Gasteiger partial charge >= 0.3 is 0 Å². The zero-order valence-corrected chi connectivity index (χ0v) is 7.77. The SMILES string of the molecule is Oc1ccnc2cc(C3CC3)ccc12. The lowest BCUT2D eigenvalue weighted by molar-refractivity contribution is 0.481. The number of pyridine rings is 1. The molecule has 1 aliphatic rings. The summed E-state index contributed by atoms with van der Waals surface area (Å²) in [4.78, 5) is 4.25. The van der Waals surface area contributed by atoms with E-state index in [0.717, 1.165) is 16.8 Å². The van der Waals surface area contributed by atoms with Gasteiger partial charge in [0.25, 0.3) is 0 Å². The lowest BCUT2D eigenvalue weighted by Crippen LogP contribution is -1.83. The Morgan fingerprint density at radius 2 is 2.07 bits per heavy atom. The molecule has 1 aromatic heterocycles. The molecule has 1 aliphatic carbocycles. The smallest absolute Gasteiger partial charge is 0.126 e. The zero-order valence-electron chi connectivity index (χ0n) is 7.77. The molecule has 70 valence electrons. The van der Waals surface area contributed by atoms with Gasteiger partial charge in [-0.25, -0.2) is 0 Å². The van der Waals surface area contributed by atoms with Crippen LogP contribution in [-0.4, -0.2) is 10.1 Å². The van der Waals surface area contributed by atoms with Gasteiger partial charge < -0.3 is 5.11 Å². The van der Waals surface area contributed by atoms with Crippen molar-refractivity contribution in [1.82, 2.24) is 4.98 Å². The third-order valence-corrected chi connectivity index (χ3v) is 2.79. The van der Waals surface area contributed by atoms with Crippen LogP contribution < -0.4 is 0 Å². The van der Waals surface area contributed by atoms with E-state index in [1.54, 1.807) is 12.3 Å². The summed E-state index contributed by atoms with van der Waals surface area (Å²) >= 11 is 0. The van der Waals surface area contributed by atoms with E-state index in [0.29, 0.717) is 5.75 Å². The summed E-state index contributed by atoms with van der Waals surface area (Å²) in [5.74, 6) is 1.06. The average Bonchev–Trinajstić information content (AvgIpc) is 3.01. The third-order valence-electron chi connectivity index (χ3n) is 2.79. The summed E-state index contributed by atoms with van der Waals surface area (Å²) in [6, 6.07) is 7.78. The van der Waals surface area contributed by atoms with Gasteiger partial charge in [-0.05, 0) is 42.5 Å². The Labute approximate surface area is 82.2 Å². The van der Waals surface area contributed by atoms with Crippen molar-refractivity contribution in [1.29, 1.82) is 0 Å². The van der Waals surface area contributed by atoms with E-state index in [2.05, 4.69) is 17.1 Å². The van der Waals surface area contributed by atoms with E-state index < -0.39 is 0 Å². The molecule has 1 saturated carbocycles. The number of aromatic nitrogens is 1. The van der Waals surface area contributed by atoms with Crippen LogP contribution >= 0.6 is 0 Å². The molecule has 1 aromatic carbocycles. The van der Waals surface area contributed by atoms with Crippen molar-refractivity contribution >= 4 is 10.9 Å². The number of rotatable bonds is 1. The first-order valence-electron chi connectivity index (χ1n) is 4.92. The molecule has 2 heteroatoms. The fourth-order valence-corrected chi connectivity index (χ4v) is 1.82. The highest BCUT2D eigenvalue weighted by atomic mass is 16.3. The van der Waals surface area contributed by atoms with Gasteiger partial charge in [-0.1, -0.05) is 6.07 Å². The number of benzene rings is 1. The predicted molar refractivity (Wildman–Crippen MR) is 55.4 cm³/mol. The minimum absolute atomic E-state index is 0.317. The molecule has 1 heterocycles. The first-order chi connectivity index (χ1) is 6.84. The van der Waals surface area contributed by atoms with Crippen LogP contribution in [0.2, 0.25) is 0 Å². The third kappa shape index (κ3) is 1.15. The standard InChI is InChI=1S/C12H11NO/c14-12-5-6-13-11-7-9(8-1-2-8)3-4-10(11)12/h3-8H,1-2H2,(H,13,14). The Bertz CT molecular complexity index is 489. The summed E-state index contributed by atoms with van der Waals surface area (Å²) in [5.41, 5.74) is 2.25. The molecular weight excluding hydrogens is 174 g/mol. The van der Waals surface area contributed by atoms with Crippen LogP contribution in [0.4, 0.5) is 0 Å². The maximum Gasteiger partial charge on any atom is 0.126 e. The lowest BCUT2D eigenvalue weighted by Gasteiger charge is -2.02. The van der Waals surface area contributed by atoms with Crippen molar-refractivity contribution in [2.45, 2.75) is 18.8 Å². The van der Waals surface area contributed by atoms with Crippen LogP contribution in [-0.2, 0) is 0 Å². The van der Waals surface area contributed by atoms with Gasteiger partial charge in [0.2, 0.25) is 0 Å². The molecule has 3 rings (SSSR count). The largest absolute Gasteiger partial charge is 0.507 e. The van der Waals surface area contributed by atoms with Gasteiger partial charge in [0.15, 0.2) is 0 Å². The second-order valence-electron chi connectivity index (χ2n) is 3.88. The molecular formula is C12H11NO. The monoisotopic (exact) mass is 185 g/mol. The number of aromatic hydroxyl groups is 1. The van der Waals surface area contributed by atoms with Crippen LogP contribution in [0, 0.1) is 0 Å². The van der Waals surface area contributed by atoms with Crippen molar-refractivity contribution in [3.63, 3.8) is 0 Å². The van der Waals surface area contributed by atoms with Crippen LogP contribution in [0.3, 0.4) is 0 Å². The van der Waals surface area contributed by atoms with Gasteiger partial charge in [-0.3, -0.25) is 4.98 Å². The van der Waals surface area contributed by atoms with Gasteiger partial charge in [0.1, 0.15) is 5.75 Å². The molecule has 0 spiro atoms. The van der Waals surface area contributed by atoms with Crippen molar-refractivity contribution in [3.8, 4) is 5.75 Å². The summed E-state index contributed by atoms with van der Waals surface area (Å²) in [7, 11) is 0. The van der Waals surface area contributed by atoms with E-state index in [1.165, 1.54) is 18.4 Å². The molecule has 14 heavy (non-hydrogen) atoms. The quantitative estimate of drug-likeness (QED) is 0.741. The van der Waals surface area contributed by atoms with E-state index in [9.17, 15) is 5.11 Å². The zero-order chi connectivity index (χ0) is 9.54. The average molecular weight is 185 g/mol. The van der Waals surface area contributed by atoms with Gasteiger partial charge in [-0.15, -0.1) is 0 Å². The lowest BCUT2D eigenvalue weighted by atomic mass is 10.1. The molecule has 0 bridgehead atoms. The first-order valence-corrected chi connectivity index (χ1v) is 4.92. The van der Waals surface area contributed by atoms with Crippen LogP contribution in [0.5, 0.6) is 5.75 Å². The topological polar surface area (TPSA) is 33.1 Å². The van der Waals surface area contributed by atoms with Gasteiger partial charge in [-0.2, -0.15) is 0 Å². The van der Waals surface area contributed by atoms with Crippen LogP contribution in [0.15, 0.2) is 30.5 Å². The van der Waals surface area contributed by atoms with E-state index >= 15 is 0 Å². The summed E-state index contributed by atoms with van der Waals surface area (Å²) in [6.07, 6.45) is 4.24. The molecule has 0 aliphatic heterocycles. The minimum atomic E-state index is 0.317. The van der Waals surface area contributed by atoms with Crippen LogP contribution in [0.25, 0.3) is 10.9 Å². The van der Waals surface area contributed by atoms with Crippen LogP contribution in [0.1, 0.15) is 24.3 Å². The van der Waals surface area contributed by atoms with E-state index in [4.69, 9.17) is 0 Å². The normalized spacial score (nSPS) is 16.0. The molecule has 2 nitrogen and oxygen atoms in total. The second-order valence-corrected chi connectivity index (χ2v) is 3.88. The second kappa shape index (κ2) is 2.71. The Kier molecular flexibility index (Phi) is 1.51. The highest BCUT2D eigenvalue weighted by Crippen LogP contribution is 2.41. The molecule has 0 radical (unpaired) electrons. The highest BCUT2D eigenvalue weighted by molar-refractivity contribution is 5.85. The number of fused-ring (bicyclic) bond motifs is 1. The van der Waals surface area contributed by atoms with Crippen molar-refractivity contribution < 1.29 is 5.11 Å². The molecule has 0 saturated heterocycles. The molecule has 2 aromatic rings. The Balaban J connectivity index is 2.23. The molecule has 0 atom stereocenters. The van der Waals surface area contributed by atoms with Crippen molar-refractivity contribution in [3.05, 3.63) is 36.0 Å². The van der Waals surface area contributed by atoms with E-state index in [1.807, 2.05) is 6.07 Å². The number of hydrogen-bond donors (Lipinski definition) is 1. The molecule has 1 fully saturated rings. The van der Waals surface area contributed by atoms with E-state index in [-0.39, 0.29) is 0 Å². The fourth-order valence-electron chi connectivity index (χ4n) is 1.82. The predicted octanol–water partition coefficient (Wildman–Crippen LogP) is 2.82. The fraction of sp³-hybridized carbons (Fsp3) is 0.250. The molecule has 0 unspecified atom stereocenters. The maximum absolute atomic E-state index is 9.58. The highest BCUT2D eigenvalue weighted by Gasteiger charge is 2.23. The Hall–Kier alpha value is -1.57. The molecule has 0 amide bonds. The summed E-state index contributed by atoms with van der Waals surface area (Å²) in [6.45, 7) is 0. The molecule has 1 N–H and O–H groups in total. The summed E-state index contributed by atoms with van der Waals surface area (Å²) in [5, 5.41) is 10.4. The van der Waals surface area contributed by atoms with Crippen molar-refractivity contribution in [2.75, 3.05) is 0 Å². The Morgan fingerprint density at radius 3 is 2.86 bits per heavy atom. The van der Waals surface area contributed by atoms with Gasteiger partial charge in [0, 0.05) is 11.6 Å². The van der Waals surface area contributed by atoms with Crippen molar-refractivity contribution in [2.24, 2.45) is 0 Å². The first kappa shape index (κ1) is 7.80. The number of hydrogen-bond acceptors (Lipinski definition) is 2. The Morgan fingerprint density at radius 1 is 1.21 bits per heavy atom. The van der Waals surface area contributed by atoms with Gasteiger partial charge in [0.05, 0.1) is 5.52 Å². The maximum atomic E-state index is 9.58.